The lowest BCUT2D eigenvalue weighted by atomic mass is 10.0. The SMILES string of the molecule is Cc1cc2ncn(C(C)C(N)c3ccc(F)cc3)c2cc1C. The van der Waals surface area contributed by atoms with E-state index in [1.807, 2.05) is 6.33 Å². The summed E-state index contributed by atoms with van der Waals surface area (Å²) in [6.07, 6.45) is 1.83. The van der Waals surface area contributed by atoms with Crippen molar-refractivity contribution >= 4 is 11.0 Å². The number of rotatable bonds is 3. The molecule has 0 aliphatic carbocycles. The Kier molecular flexibility index (Phi) is 3.71. The maximum absolute atomic E-state index is 13.1. The van der Waals surface area contributed by atoms with Crippen LogP contribution in [0.4, 0.5) is 4.39 Å². The lowest BCUT2D eigenvalue weighted by molar-refractivity contribution is 0.462. The zero-order valence-electron chi connectivity index (χ0n) is 13.0. The van der Waals surface area contributed by atoms with E-state index >= 15 is 0 Å². The van der Waals surface area contributed by atoms with Gasteiger partial charge in [0.25, 0.3) is 0 Å². The van der Waals surface area contributed by atoms with E-state index in [1.165, 1.54) is 23.3 Å². The van der Waals surface area contributed by atoms with Crippen LogP contribution in [0.2, 0.25) is 0 Å². The van der Waals surface area contributed by atoms with Gasteiger partial charge in [0.15, 0.2) is 0 Å². The van der Waals surface area contributed by atoms with Crippen molar-refractivity contribution in [1.29, 1.82) is 0 Å². The second-order valence-corrected chi connectivity index (χ2v) is 5.89. The van der Waals surface area contributed by atoms with E-state index in [0.717, 1.165) is 16.6 Å². The summed E-state index contributed by atoms with van der Waals surface area (Å²) in [4.78, 5) is 4.48. The van der Waals surface area contributed by atoms with Crippen molar-refractivity contribution in [2.75, 3.05) is 0 Å². The van der Waals surface area contributed by atoms with Crippen molar-refractivity contribution < 1.29 is 4.39 Å². The lowest BCUT2D eigenvalue weighted by Crippen LogP contribution is -2.22. The van der Waals surface area contributed by atoms with Gasteiger partial charge in [0.2, 0.25) is 0 Å². The smallest absolute Gasteiger partial charge is 0.123 e. The van der Waals surface area contributed by atoms with E-state index in [1.54, 1.807) is 12.1 Å². The zero-order chi connectivity index (χ0) is 15.9. The van der Waals surface area contributed by atoms with Crippen LogP contribution >= 0.6 is 0 Å². The molecule has 3 rings (SSSR count). The fourth-order valence-corrected chi connectivity index (χ4v) is 2.74. The molecule has 0 aliphatic heterocycles. The summed E-state index contributed by atoms with van der Waals surface area (Å²) in [6.45, 7) is 6.24. The molecule has 0 saturated carbocycles. The van der Waals surface area contributed by atoms with Gasteiger partial charge in [-0.25, -0.2) is 9.37 Å². The summed E-state index contributed by atoms with van der Waals surface area (Å²) >= 11 is 0. The van der Waals surface area contributed by atoms with Crippen LogP contribution in [0.3, 0.4) is 0 Å². The summed E-state index contributed by atoms with van der Waals surface area (Å²) in [5, 5.41) is 0. The molecule has 2 atom stereocenters. The van der Waals surface area contributed by atoms with Gasteiger partial charge in [0, 0.05) is 0 Å². The van der Waals surface area contributed by atoms with Crippen molar-refractivity contribution in [2.24, 2.45) is 5.73 Å². The first-order valence-corrected chi connectivity index (χ1v) is 7.42. The standard InChI is InChI=1S/C18H20FN3/c1-11-8-16-17(9-12(11)2)22(10-21-16)13(3)18(20)14-4-6-15(19)7-5-14/h4-10,13,18H,20H2,1-3H3. The van der Waals surface area contributed by atoms with Gasteiger partial charge in [-0.15, -0.1) is 0 Å². The Morgan fingerprint density at radius 1 is 1.09 bits per heavy atom. The van der Waals surface area contributed by atoms with Crippen LogP contribution in [0.15, 0.2) is 42.7 Å². The topological polar surface area (TPSA) is 43.8 Å². The highest BCUT2D eigenvalue weighted by molar-refractivity contribution is 5.77. The third-order valence-corrected chi connectivity index (χ3v) is 4.40. The lowest BCUT2D eigenvalue weighted by Gasteiger charge is -2.22. The number of hydrogen-bond acceptors (Lipinski definition) is 2. The first-order valence-electron chi connectivity index (χ1n) is 7.42. The van der Waals surface area contributed by atoms with E-state index in [4.69, 9.17) is 5.73 Å². The number of aryl methyl sites for hydroxylation is 2. The fourth-order valence-electron chi connectivity index (χ4n) is 2.74. The van der Waals surface area contributed by atoms with E-state index in [2.05, 4.69) is 42.5 Å². The first kappa shape index (κ1) is 14.7. The normalized spacial score (nSPS) is 14.2. The number of imidazole rings is 1. The molecular formula is C18H20FN3. The Morgan fingerprint density at radius 2 is 1.73 bits per heavy atom. The van der Waals surface area contributed by atoms with Crippen LogP contribution in [0.25, 0.3) is 11.0 Å². The molecule has 2 unspecified atom stereocenters. The molecule has 22 heavy (non-hydrogen) atoms. The third kappa shape index (κ3) is 2.50. The average Bonchev–Trinajstić information content (AvgIpc) is 2.90. The molecule has 0 saturated heterocycles. The number of benzene rings is 2. The monoisotopic (exact) mass is 297 g/mol. The van der Waals surface area contributed by atoms with Gasteiger partial charge in [0.1, 0.15) is 5.82 Å². The predicted molar refractivity (Wildman–Crippen MR) is 87.2 cm³/mol. The van der Waals surface area contributed by atoms with Crippen molar-refractivity contribution in [1.82, 2.24) is 9.55 Å². The zero-order valence-corrected chi connectivity index (χ0v) is 13.0. The van der Waals surface area contributed by atoms with E-state index in [-0.39, 0.29) is 17.9 Å². The van der Waals surface area contributed by atoms with Crippen LogP contribution in [-0.2, 0) is 0 Å². The van der Waals surface area contributed by atoms with Crippen LogP contribution in [0.1, 0.15) is 35.7 Å². The van der Waals surface area contributed by atoms with Gasteiger partial charge >= 0.3 is 0 Å². The second-order valence-electron chi connectivity index (χ2n) is 5.89. The summed E-state index contributed by atoms with van der Waals surface area (Å²) in [6, 6.07) is 10.4. The molecule has 0 fully saturated rings. The fraction of sp³-hybridized carbons (Fsp3) is 0.278. The van der Waals surface area contributed by atoms with Gasteiger partial charge in [-0.05, 0) is 61.7 Å². The second kappa shape index (κ2) is 5.54. The molecule has 2 aromatic carbocycles. The highest BCUT2D eigenvalue weighted by Crippen LogP contribution is 2.28. The Labute approximate surface area is 129 Å². The molecule has 2 N–H and O–H groups in total. The molecule has 0 aliphatic rings. The minimum absolute atomic E-state index is 0.0255. The average molecular weight is 297 g/mol. The van der Waals surface area contributed by atoms with Crippen molar-refractivity contribution in [3.8, 4) is 0 Å². The van der Waals surface area contributed by atoms with E-state index < -0.39 is 0 Å². The third-order valence-electron chi connectivity index (χ3n) is 4.40. The minimum Gasteiger partial charge on any atom is -0.326 e. The Bertz CT molecular complexity index is 805. The number of fused-ring (bicyclic) bond motifs is 1. The quantitative estimate of drug-likeness (QED) is 0.792. The van der Waals surface area contributed by atoms with E-state index in [0.29, 0.717) is 0 Å². The molecule has 0 amide bonds. The predicted octanol–water partition coefficient (Wildman–Crippen LogP) is 4.05. The van der Waals surface area contributed by atoms with Crippen molar-refractivity contribution in [2.45, 2.75) is 32.9 Å². The van der Waals surface area contributed by atoms with Crippen LogP contribution < -0.4 is 5.73 Å². The van der Waals surface area contributed by atoms with Crippen LogP contribution in [0, 0.1) is 19.7 Å². The summed E-state index contributed by atoms with van der Waals surface area (Å²) in [5.74, 6) is -0.247. The van der Waals surface area contributed by atoms with Gasteiger partial charge in [0.05, 0.1) is 29.4 Å². The van der Waals surface area contributed by atoms with Crippen molar-refractivity contribution in [3.05, 3.63) is 65.2 Å². The first-order chi connectivity index (χ1) is 10.5. The maximum Gasteiger partial charge on any atom is 0.123 e. The molecule has 114 valence electrons. The number of hydrogen-bond donors (Lipinski definition) is 1. The molecular weight excluding hydrogens is 277 g/mol. The molecule has 3 aromatic rings. The number of nitrogens with two attached hydrogens (primary N) is 1. The number of nitrogens with zero attached hydrogens (tertiary/aromatic N) is 2. The molecule has 3 nitrogen and oxygen atoms in total. The Morgan fingerprint density at radius 3 is 2.41 bits per heavy atom. The minimum atomic E-state index is -0.247. The molecule has 0 bridgehead atoms. The van der Waals surface area contributed by atoms with Gasteiger partial charge < -0.3 is 10.3 Å². The highest BCUT2D eigenvalue weighted by atomic mass is 19.1. The summed E-state index contributed by atoms with van der Waals surface area (Å²) in [5.41, 5.74) is 11.8. The molecule has 4 heteroatoms. The van der Waals surface area contributed by atoms with Crippen molar-refractivity contribution in [3.63, 3.8) is 0 Å². The van der Waals surface area contributed by atoms with Crippen LogP contribution in [0.5, 0.6) is 0 Å². The molecule has 0 spiro atoms. The number of halogens is 1. The summed E-state index contributed by atoms with van der Waals surface area (Å²) in [7, 11) is 0. The molecule has 1 heterocycles. The Balaban J connectivity index is 1.99. The van der Waals surface area contributed by atoms with Gasteiger partial charge in [-0.1, -0.05) is 12.1 Å². The van der Waals surface area contributed by atoms with Crippen LogP contribution in [-0.4, -0.2) is 9.55 Å². The highest BCUT2D eigenvalue weighted by Gasteiger charge is 2.19. The molecule has 1 aromatic heterocycles. The van der Waals surface area contributed by atoms with E-state index in [9.17, 15) is 4.39 Å². The number of aromatic nitrogens is 2. The van der Waals surface area contributed by atoms with Gasteiger partial charge in [-0.2, -0.15) is 0 Å². The molecule has 0 radical (unpaired) electrons. The van der Waals surface area contributed by atoms with Gasteiger partial charge in [-0.3, -0.25) is 0 Å². The Hall–Kier alpha value is -2.20. The summed E-state index contributed by atoms with van der Waals surface area (Å²) < 4.78 is 15.2. The maximum atomic E-state index is 13.1. The largest absolute Gasteiger partial charge is 0.326 e.